The second kappa shape index (κ2) is 7.71. The highest BCUT2D eigenvalue weighted by Gasteiger charge is 2.35. The third-order valence-electron chi connectivity index (χ3n) is 5.34. The van der Waals surface area contributed by atoms with Gasteiger partial charge in [0.1, 0.15) is 11.7 Å². The summed E-state index contributed by atoms with van der Waals surface area (Å²) in [6.45, 7) is 0. The lowest BCUT2D eigenvalue weighted by molar-refractivity contribution is -0.384. The number of aromatic amines is 1. The fourth-order valence-electron chi connectivity index (χ4n) is 3.83. The van der Waals surface area contributed by atoms with Gasteiger partial charge in [-0.2, -0.15) is 9.78 Å². The van der Waals surface area contributed by atoms with Crippen molar-refractivity contribution in [3.05, 3.63) is 74.1 Å². The molecule has 0 bridgehead atoms. The van der Waals surface area contributed by atoms with Crippen molar-refractivity contribution in [3.8, 4) is 22.8 Å². The Morgan fingerprint density at radius 2 is 1.85 bits per heavy atom. The molecule has 0 saturated heterocycles. The van der Waals surface area contributed by atoms with Gasteiger partial charge in [0.15, 0.2) is 11.5 Å². The Labute approximate surface area is 185 Å². The topological polar surface area (TPSA) is 163 Å². The molecule has 2 N–H and O–H groups in total. The van der Waals surface area contributed by atoms with Gasteiger partial charge < -0.3 is 14.8 Å². The fraction of sp³-hybridized carbons (Fsp3) is 0.150. The first-order valence-electron chi connectivity index (χ1n) is 9.66. The minimum Gasteiger partial charge on any atom is -0.493 e. The van der Waals surface area contributed by atoms with E-state index in [1.807, 2.05) is 6.07 Å². The van der Waals surface area contributed by atoms with Crippen LogP contribution in [0.5, 0.6) is 11.5 Å². The van der Waals surface area contributed by atoms with Crippen molar-refractivity contribution < 1.29 is 14.4 Å². The van der Waals surface area contributed by atoms with E-state index in [1.54, 1.807) is 24.3 Å². The van der Waals surface area contributed by atoms with Crippen LogP contribution in [0.25, 0.3) is 11.3 Å². The average Bonchev–Trinajstić information content (AvgIpc) is 3.31. The maximum Gasteiger partial charge on any atom is 0.288 e. The summed E-state index contributed by atoms with van der Waals surface area (Å²) >= 11 is 0. The molecule has 13 nitrogen and oxygen atoms in total. The SMILES string of the molecule is COc1ccc([C@@H]2c3c(-c4ccc([N+](=O)[O-])cc4)n[nH]c(=O)c3Nc3nnnn32)cc1OC. The minimum atomic E-state index is -0.647. The van der Waals surface area contributed by atoms with Crippen molar-refractivity contribution in [1.82, 2.24) is 30.4 Å². The van der Waals surface area contributed by atoms with Crippen LogP contribution in [0, 0.1) is 10.1 Å². The third-order valence-corrected chi connectivity index (χ3v) is 5.34. The van der Waals surface area contributed by atoms with Crippen LogP contribution < -0.4 is 20.3 Å². The average molecular weight is 448 g/mol. The molecule has 166 valence electrons. The van der Waals surface area contributed by atoms with Crippen LogP contribution in [0.3, 0.4) is 0 Å². The van der Waals surface area contributed by atoms with Gasteiger partial charge >= 0.3 is 0 Å². The quantitative estimate of drug-likeness (QED) is 0.300. The Kier molecular flexibility index (Phi) is 4.70. The predicted molar refractivity (Wildman–Crippen MR) is 115 cm³/mol. The normalized spacial score (nSPS) is 14.1. The van der Waals surface area contributed by atoms with E-state index in [0.29, 0.717) is 33.9 Å². The van der Waals surface area contributed by atoms with Crippen LogP contribution in [-0.4, -0.2) is 49.5 Å². The van der Waals surface area contributed by atoms with Gasteiger partial charge in [0.2, 0.25) is 5.95 Å². The lowest BCUT2D eigenvalue weighted by atomic mass is 9.92. The Balaban J connectivity index is 1.76. The summed E-state index contributed by atoms with van der Waals surface area (Å²) in [5.74, 6) is 1.29. The first kappa shape index (κ1) is 20.1. The molecule has 5 rings (SSSR count). The molecule has 0 unspecified atom stereocenters. The number of rotatable bonds is 5. The number of nitro groups is 1. The summed E-state index contributed by atoms with van der Waals surface area (Å²) in [4.78, 5) is 23.3. The summed E-state index contributed by atoms with van der Waals surface area (Å²) in [7, 11) is 3.06. The van der Waals surface area contributed by atoms with Crippen LogP contribution in [0.1, 0.15) is 17.2 Å². The highest BCUT2D eigenvalue weighted by Crippen LogP contribution is 2.43. The van der Waals surface area contributed by atoms with Crippen molar-refractivity contribution in [2.45, 2.75) is 6.04 Å². The smallest absolute Gasteiger partial charge is 0.288 e. The first-order valence-corrected chi connectivity index (χ1v) is 9.66. The molecule has 4 aromatic rings. The van der Waals surface area contributed by atoms with Crippen LogP contribution in [0.15, 0.2) is 47.3 Å². The Hall–Kier alpha value is -4.81. The van der Waals surface area contributed by atoms with Crippen LogP contribution in [0.2, 0.25) is 0 Å². The Morgan fingerprint density at radius 3 is 2.55 bits per heavy atom. The van der Waals surface area contributed by atoms with Gasteiger partial charge in [-0.05, 0) is 40.3 Å². The number of tetrazole rings is 1. The summed E-state index contributed by atoms with van der Waals surface area (Å²) in [6.07, 6.45) is 0. The molecular formula is C20H16N8O5. The number of nitrogens with zero attached hydrogens (tertiary/aromatic N) is 6. The van der Waals surface area contributed by atoms with Gasteiger partial charge in [-0.3, -0.25) is 14.9 Å². The summed E-state index contributed by atoms with van der Waals surface area (Å²) < 4.78 is 12.3. The molecule has 1 atom stereocenters. The number of nitrogens with one attached hydrogen (secondary N) is 2. The number of aromatic nitrogens is 6. The molecule has 2 aromatic heterocycles. The van der Waals surface area contributed by atoms with E-state index in [4.69, 9.17) is 9.47 Å². The maximum atomic E-state index is 12.7. The maximum absolute atomic E-state index is 12.7. The molecule has 3 heterocycles. The van der Waals surface area contributed by atoms with E-state index < -0.39 is 16.5 Å². The largest absolute Gasteiger partial charge is 0.493 e. The van der Waals surface area contributed by atoms with Gasteiger partial charge in [0.05, 0.1) is 24.8 Å². The molecule has 0 saturated carbocycles. The van der Waals surface area contributed by atoms with Gasteiger partial charge in [-0.25, -0.2) is 5.10 Å². The molecule has 33 heavy (non-hydrogen) atoms. The fourth-order valence-corrected chi connectivity index (χ4v) is 3.83. The molecule has 0 radical (unpaired) electrons. The number of hydrogen-bond donors (Lipinski definition) is 2. The second-order valence-corrected chi connectivity index (χ2v) is 7.08. The molecular weight excluding hydrogens is 432 g/mol. The molecule has 1 aliphatic rings. The molecule has 2 aromatic carbocycles. The molecule has 1 aliphatic heterocycles. The zero-order valence-electron chi connectivity index (χ0n) is 17.3. The van der Waals surface area contributed by atoms with E-state index in [0.717, 1.165) is 0 Å². The number of nitro benzene ring substituents is 1. The number of ether oxygens (including phenoxy) is 2. The third kappa shape index (κ3) is 3.22. The van der Waals surface area contributed by atoms with Crippen molar-refractivity contribution in [3.63, 3.8) is 0 Å². The molecule has 13 heteroatoms. The number of methoxy groups -OCH3 is 2. The minimum absolute atomic E-state index is 0.0608. The highest BCUT2D eigenvalue weighted by molar-refractivity contribution is 5.76. The molecule has 0 fully saturated rings. The van der Waals surface area contributed by atoms with Crippen molar-refractivity contribution in [2.75, 3.05) is 19.5 Å². The highest BCUT2D eigenvalue weighted by atomic mass is 16.6. The number of non-ortho nitro benzene ring substituents is 1. The monoisotopic (exact) mass is 448 g/mol. The first-order chi connectivity index (χ1) is 16.0. The van der Waals surface area contributed by atoms with Crippen molar-refractivity contribution in [2.24, 2.45) is 0 Å². The predicted octanol–water partition coefficient (Wildman–Crippen LogP) is 2.04. The van der Waals surface area contributed by atoms with Crippen molar-refractivity contribution >= 4 is 17.3 Å². The zero-order chi connectivity index (χ0) is 23.1. The van der Waals surface area contributed by atoms with Gasteiger partial charge in [-0.1, -0.05) is 11.2 Å². The van der Waals surface area contributed by atoms with Gasteiger partial charge in [0.25, 0.3) is 11.2 Å². The van der Waals surface area contributed by atoms with Crippen molar-refractivity contribution in [1.29, 1.82) is 0 Å². The lowest BCUT2D eigenvalue weighted by Crippen LogP contribution is -2.29. The van der Waals surface area contributed by atoms with E-state index in [1.165, 1.54) is 31.0 Å². The van der Waals surface area contributed by atoms with E-state index >= 15 is 0 Å². The van der Waals surface area contributed by atoms with Crippen LogP contribution in [0.4, 0.5) is 17.3 Å². The van der Waals surface area contributed by atoms with Gasteiger partial charge in [-0.15, -0.1) is 0 Å². The van der Waals surface area contributed by atoms with Crippen LogP contribution >= 0.6 is 0 Å². The Morgan fingerprint density at radius 1 is 1.09 bits per heavy atom. The summed E-state index contributed by atoms with van der Waals surface area (Å²) in [5, 5.41) is 32.6. The molecule has 0 spiro atoms. The van der Waals surface area contributed by atoms with Gasteiger partial charge in [0, 0.05) is 23.3 Å². The zero-order valence-corrected chi connectivity index (χ0v) is 17.3. The second-order valence-electron chi connectivity index (χ2n) is 7.08. The standard InChI is InChI=1S/C20H16N8O5/c1-32-13-8-5-11(9-14(13)33-2)18-15-16(10-3-6-12(7-4-10)28(30)31)22-23-19(29)17(15)21-20-24-25-26-27(18)20/h3-9,18H,1-2H3,(H,23,29)(H,21,24,26)/t18-/m1/s1. The van der Waals surface area contributed by atoms with E-state index in [-0.39, 0.29) is 17.3 Å². The van der Waals surface area contributed by atoms with E-state index in [9.17, 15) is 14.9 Å². The number of anilines is 2. The number of H-pyrrole nitrogens is 1. The molecule has 0 aliphatic carbocycles. The summed E-state index contributed by atoms with van der Waals surface area (Å²) in [5.41, 5.74) is 1.88. The van der Waals surface area contributed by atoms with E-state index in [2.05, 4.69) is 31.0 Å². The number of hydrogen-bond acceptors (Lipinski definition) is 10. The Bertz CT molecular complexity index is 1430. The molecule has 0 amide bonds. The summed E-state index contributed by atoms with van der Waals surface area (Å²) in [6, 6.07) is 10.6. The number of fused-ring (bicyclic) bond motifs is 2. The van der Waals surface area contributed by atoms with Crippen LogP contribution in [-0.2, 0) is 0 Å². The number of benzene rings is 2. The lowest BCUT2D eigenvalue weighted by Gasteiger charge is -2.28.